The zero-order valence-corrected chi connectivity index (χ0v) is 23.1. The summed E-state index contributed by atoms with van der Waals surface area (Å²) in [6, 6.07) is 44.0. The van der Waals surface area contributed by atoms with Gasteiger partial charge < -0.3 is 22.1 Å². The summed E-state index contributed by atoms with van der Waals surface area (Å²) in [5, 5.41) is 11.0. The Morgan fingerprint density at radius 1 is 0.442 bits per heavy atom. The lowest BCUT2D eigenvalue weighted by Gasteiger charge is -2.26. The first-order chi connectivity index (χ1) is 21.1. The number of benzene rings is 6. The number of anilines is 9. The van der Waals surface area contributed by atoms with Crippen molar-refractivity contribution >= 4 is 73.5 Å². The molecule has 0 saturated heterocycles. The smallest absolute Gasteiger partial charge is 0.241 e. The predicted molar refractivity (Wildman–Crippen MR) is 178 cm³/mol. The van der Waals surface area contributed by atoms with Crippen molar-refractivity contribution in [2.24, 2.45) is 0 Å². The van der Waals surface area contributed by atoms with Crippen LogP contribution in [0.1, 0.15) is 0 Å². The van der Waals surface area contributed by atoms with E-state index in [4.69, 9.17) is 26.4 Å². The predicted octanol–water partition coefficient (Wildman–Crippen LogP) is 8.30. The molecule has 0 saturated carbocycles. The van der Waals surface area contributed by atoms with Crippen LogP contribution >= 0.6 is 0 Å². The molecule has 0 spiro atoms. The third-order valence-electron chi connectivity index (χ3n) is 7.17. The number of hydrogen-bond donors (Lipinski definition) is 4. The number of nitrogens with zero attached hydrogens (tertiary/aromatic N) is 4. The molecule has 0 unspecified atom stereocenters. The fourth-order valence-corrected chi connectivity index (χ4v) is 5.12. The Hall–Kier alpha value is -6.15. The first-order valence-electron chi connectivity index (χ1n) is 13.9. The molecule has 208 valence electrons. The van der Waals surface area contributed by atoms with Crippen LogP contribution in [0.2, 0.25) is 0 Å². The topological polar surface area (TPSA) is 118 Å². The van der Waals surface area contributed by atoms with Crippen molar-refractivity contribution < 1.29 is 0 Å². The highest BCUT2D eigenvalue weighted by Gasteiger charge is 2.22. The monoisotopic (exact) mass is 560 g/mol. The van der Waals surface area contributed by atoms with Gasteiger partial charge in [0.1, 0.15) is 0 Å². The van der Waals surface area contributed by atoms with Gasteiger partial charge in [0.05, 0.1) is 11.4 Å². The number of nitrogens with two attached hydrogens (primary N) is 2. The third kappa shape index (κ3) is 5.32. The first kappa shape index (κ1) is 25.8. The van der Waals surface area contributed by atoms with E-state index >= 15 is 0 Å². The highest BCUT2D eigenvalue weighted by molar-refractivity contribution is 6.04. The molecule has 0 atom stereocenters. The normalized spacial score (nSPS) is 11.0. The van der Waals surface area contributed by atoms with Gasteiger partial charge in [-0.1, -0.05) is 72.8 Å². The van der Waals surface area contributed by atoms with Gasteiger partial charge in [-0.2, -0.15) is 15.0 Å². The fraction of sp³-hybridized carbons (Fsp3) is 0. The van der Waals surface area contributed by atoms with Gasteiger partial charge in [0.15, 0.2) is 0 Å². The summed E-state index contributed by atoms with van der Waals surface area (Å²) in [7, 11) is 0. The molecule has 0 aliphatic heterocycles. The van der Waals surface area contributed by atoms with Crippen molar-refractivity contribution in [1.29, 1.82) is 0 Å². The van der Waals surface area contributed by atoms with E-state index in [1.807, 2.05) is 72.8 Å². The maximum atomic E-state index is 5.93. The Bertz CT molecular complexity index is 1900. The Labute approximate surface area is 248 Å². The Balaban J connectivity index is 1.45. The van der Waals surface area contributed by atoms with Crippen LogP contribution in [0.3, 0.4) is 0 Å². The number of nitrogens with one attached hydrogen (secondary N) is 2. The summed E-state index contributed by atoms with van der Waals surface area (Å²) in [6.45, 7) is 0. The van der Waals surface area contributed by atoms with E-state index in [9.17, 15) is 0 Å². The van der Waals surface area contributed by atoms with Crippen LogP contribution in [0, 0.1) is 0 Å². The van der Waals surface area contributed by atoms with E-state index in [1.165, 1.54) is 0 Å². The maximum Gasteiger partial charge on any atom is 0.241 e. The van der Waals surface area contributed by atoms with Gasteiger partial charge in [0.2, 0.25) is 17.8 Å². The molecule has 6 aromatic carbocycles. The summed E-state index contributed by atoms with van der Waals surface area (Å²) in [5.74, 6) is 1.19. The van der Waals surface area contributed by atoms with Crippen LogP contribution in [0.4, 0.5) is 52.0 Å². The van der Waals surface area contributed by atoms with Crippen molar-refractivity contribution in [2.45, 2.75) is 0 Å². The van der Waals surface area contributed by atoms with E-state index < -0.39 is 0 Å². The van der Waals surface area contributed by atoms with Crippen LogP contribution in [-0.2, 0) is 0 Å². The second-order valence-electron chi connectivity index (χ2n) is 10.1. The molecule has 0 amide bonds. The summed E-state index contributed by atoms with van der Waals surface area (Å²) >= 11 is 0. The third-order valence-corrected chi connectivity index (χ3v) is 7.17. The van der Waals surface area contributed by atoms with Crippen molar-refractivity contribution in [3.8, 4) is 0 Å². The molecule has 0 radical (unpaired) electrons. The quantitative estimate of drug-likeness (QED) is 0.144. The average molecular weight is 561 g/mol. The van der Waals surface area contributed by atoms with Crippen molar-refractivity contribution in [1.82, 2.24) is 15.0 Å². The molecule has 8 nitrogen and oxygen atoms in total. The summed E-state index contributed by atoms with van der Waals surface area (Å²) < 4.78 is 0. The summed E-state index contributed by atoms with van der Waals surface area (Å²) in [5.41, 5.74) is 16.7. The zero-order valence-electron chi connectivity index (χ0n) is 23.1. The lowest BCUT2D eigenvalue weighted by atomic mass is 10.0. The number of aromatic nitrogens is 3. The number of fused-ring (bicyclic) bond motifs is 2. The summed E-state index contributed by atoms with van der Waals surface area (Å²) in [4.78, 5) is 16.8. The van der Waals surface area contributed by atoms with E-state index in [0.717, 1.165) is 44.3 Å². The highest BCUT2D eigenvalue weighted by atomic mass is 15.3. The molecule has 8 heteroatoms. The molecule has 0 fully saturated rings. The van der Waals surface area contributed by atoms with Gasteiger partial charge in [-0.05, 0) is 71.4 Å². The average Bonchev–Trinajstić information content (AvgIpc) is 3.04. The van der Waals surface area contributed by atoms with Crippen molar-refractivity contribution in [3.05, 3.63) is 133 Å². The van der Waals surface area contributed by atoms with Crippen molar-refractivity contribution in [2.75, 3.05) is 27.0 Å². The molecule has 0 bridgehead atoms. The zero-order chi connectivity index (χ0) is 29.2. The van der Waals surface area contributed by atoms with Crippen molar-refractivity contribution in [3.63, 3.8) is 0 Å². The van der Waals surface area contributed by atoms with E-state index in [-0.39, 0.29) is 0 Å². The second kappa shape index (κ2) is 11.0. The van der Waals surface area contributed by atoms with Gasteiger partial charge in [0.25, 0.3) is 0 Å². The number of hydrogen-bond acceptors (Lipinski definition) is 8. The number of nitrogen functional groups attached to an aromatic ring is 2. The fourth-order valence-electron chi connectivity index (χ4n) is 5.12. The number of rotatable bonds is 7. The molecule has 43 heavy (non-hydrogen) atoms. The SMILES string of the molecule is Nc1ccc(Nc2nc(Nc3ccc(N)cc3)nc(N(c3cccc4ccccc34)c3cccc4ccccc34)n2)cc1. The van der Waals surface area contributed by atoms with Gasteiger partial charge in [-0.25, -0.2) is 0 Å². The van der Waals surface area contributed by atoms with Gasteiger partial charge >= 0.3 is 0 Å². The van der Waals surface area contributed by atoms with E-state index in [1.54, 1.807) is 0 Å². The van der Waals surface area contributed by atoms with E-state index in [2.05, 4.69) is 76.2 Å². The van der Waals surface area contributed by atoms with Crippen LogP contribution in [0.25, 0.3) is 21.5 Å². The van der Waals surface area contributed by atoms with Crippen LogP contribution in [0.15, 0.2) is 133 Å². The molecule has 0 aliphatic carbocycles. The van der Waals surface area contributed by atoms with Gasteiger partial charge in [-0.15, -0.1) is 0 Å². The Morgan fingerprint density at radius 3 is 1.33 bits per heavy atom. The maximum absolute atomic E-state index is 5.93. The molecule has 0 aliphatic rings. The van der Waals surface area contributed by atoms with Gasteiger partial charge in [-0.3, -0.25) is 4.90 Å². The Kier molecular flexibility index (Phi) is 6.61. The molecular weight excluding hydrogens is 532 g/mol. The molecular formula is C35H28N8. The molecule has 1 aromatic heterocycles. The molecule has 7 rings (SSSR count). The molecule has 6 N–H and O–H groups in total. The minimum Gasteiger partial charge on any atom is -0.399 e. The minimum absolute atomic E-state index is 0.373. The van der Waals surface area contributed by atoms with E-state index in [0.29, 0.717) is 29.2 Å². The molecule has 7 aromatic rings. The minimum atomic E-state index is 0.373. The summed E-state index contributed by atoms with van der Waals surface area (Å²) in [6.07, 6.45) is 0. The first-order valence-corrected chi connectivity index (χ1v) is 13.9. The lowest BCUT2D eigenvalue weighted by molar-refractivity contribution is 1.02. The highest BCUT2D eigenvalue weighted by Crippen LogP contribution is 2.41. The second-order valence-corrected chi connectivity index (χ2v) is 10.1. The van der Waals surface area contributed by atoms with Crippen LogP contribution in [0.5, 0.6) is 0 Å². The standard InChI is InChI=1S/C35H28N8/c36-25-15-19-27(20-16-25)38-33-40-34(39-28-21-17-26(37)18-22-28)42-35(41-33)43(31-13-5-9-23-7-1-3-11-29(23)31)32-14-6-10-24-8-2-4-12-30(24)32/h1-22H,36-37H2,(H2,38,39,40,41,42). The molecule has 1 heterocycles. The van der Waals surface area contributed by atoms with Gasteiger partial charge in [0, 0.05) is 33.5 Å². The largest absolute Gasteiger partial charge is 0.399 e. The van der Waals surface area contributed by atoms with Crippen LogP contribution in [-0.4, -0.2) is 15.0 Å². The Morgan fingerprint density at radius 2 is 0.860 bits per heavy atom. The van der Waals surface area contributed by atoms with Crippen LogP contribution < -0.4 is 27.0 Å². The lowest BCUT2D eigenvalue weighted by Crippen LogP contribution is -2.17.